The number of nitrogens with zero attached hydrogens (tertiary/aromatic N) is 1. The van der Waals surface area contributed by atoms with Crippen molar-refractivity contribution < 1.29 is 9.53 Å². The minimum absolute atomic E-state index is 0.0925. The number of methoxy groups -OCH3 is 1. The summed E-state index contributed by atoms with van der Waals surface area (Å²) >= 11 is 0. The molecule has 1 aliphatic rings. The maximum atomic E-state index is 11.4. The molecular weight excluding hydrogens is 218 g/mol. The van der Waals surface area contributed by atoms with Crippen LogP contribution in [0.15, 0.2) is 18.3 Å². The van der Waals surface area contributed by atoms with E-state index in [-0.39, 0.29) is 5.91 Å². The van der Waals surface area contributed by atoms with Gasteiger partial charge >= 0.3 is 0 Å². The zero-order valence-electron chi connectivity index (χ0n) is 9.90. The summed E-state index contributed by atoms with van der Waals surface area (Å²) in [6.45, 7) is 0.561. The predicted octanol–water partition coefficient (Wildman–Crippen LogP) is 1.17. The zero-order chi connectivity index (χ0) is 12.1. The van der Waals surface area contributed by atoms with Crippen LogP contribution in [-0.4, -0.2) is 30.6 Å². The number of hydrogen-bond acceptors (Lipinski definition) is 4. The molecular formula is C12H17N3O2. The summed E-state index contributed by atoms with van der Waals surface area (Å²) in [5.41, 5.74) is 0. The quantitative estimate of drug-likeness (QED) is 0.777. The Labute approximate surface area is 101 Å². The highest BCUT2D eigenvalue weighted by Gasteiger charge is 2.22. The summed E-state index contributed by atoms with van der Waals surface area (Å²) in [6, 6.07) is 4.07. The molecule has 0 radical (unpaired) electrons. The first-order chi connectivity index (χ1) is 8.29. The highest BCUT2D eigenvalue weighted by atomic mass is 16.5. The molecule has 0 atom stereocenters. The van der Waals surface area contributed by atoms with E-state index in [9.17, 15) is 4.79 Å². The van der Waals surface area contributed by atoms with Gasteiger partial charge in [-0.1, -0.05) is 0 Å². The number of ether oxygens (including phenoxy) is 1. The molecule has 2 rings (SSSR count). The van der Waals surface area contributed by atoms with Crippen LogP contribution in [0.5, 0.6) is 5.75 Å². The van der Waals surface area contributed by atoms with Gasteiger partial charge < -0.3 is 15.4 Å². The smallest absolute Gasteiger partial charge is 0.221 e. The van der Waals surface area contributed by atoms with Crippen molar-refractivity contribution in [1.29, 1.82) is 0 Å². The summed E-state index contributed by atoms with van der Waals surface area (Å²) in [6.07, 6.45) is 4.38. The van der Waals surface area contributed by atoms with Gasteiger partial charge in [-0.05, 0) is 25.0 Å². The average molecular weight is 235 g/mol. The Hall–Kier alpha value is -1.78. The van der Waals surface area contributed by atoms with Gasteiger partial charge in [0.25, 0.3) is 0 Å². The lowest BCUT2D eigenvalue weighted by atomic mass is 10.3. The van der Waals surface area contributed by atoms with Gasteiger partial charge in [-0.15, -0.1) is 0 Å². The fourth-order valence-corrected chi connectivity index (χ4v) is 1.51. The van der Waals surface area contributed by atoms with Crippen LogP contribution in [0, 0.1) is 0 Å². The molecule has 1 aliphatic carbocycles. The molecule has 1 aromatic heterocycles. The van der Waals surface area contributed by atoms with Crippen LogP contribution >= 0.6 is 0 Å². The minimum Gasteiger partial charge on any atom is -0.493 e. The van der Waals surface area contributed by atoms with Crippen LogP contribution in [0.25, 0.3) is 0 Å². The van der Waals surface area contributed by atoms with Crippen molar-refractivity contribution in [3.63, 3.8) is 0 Å². The summed E-state index contributed by atoms with van der Waals surface area (Å²) in [7, 11) is 1.60. The summed E-state index contributed by atoms with van der Waals surface area (Å²) in [4.78, 5) is 15.6. The number of aromatic nitrogens is 1. The van der Waals surface area contributed by atoms with Crippen molar-refractivity contribution in [2.45, 2.75) is 25.3 Å². The Morgan fingerprint density at radius 2 is 2.41 bits per heavy atom. The second kappa shape index (κ2) is 5.52. The van der Waals surface area contributed by atoms with Gasteiger partial charge in [0, 0.05) is 25.2 Å². The third kappa shape index (κ3) is 3.62. The van der Waals surface area contributed by atoms with E-state index in [1.54, 1.807) is 13.3 Å². The van der Waals surface area contributed by atoms with E-state index in [4.69, 9.17) is 4.74 Å². The molecule has 5 nitrogen and oxygen atoms in total. The lowest BCUT2D eigenvalue weighted by Crippen LogP contribution is -2.27. The van der Waals surface area contributed by atoms with E-state index < -0.39 is 0 Å². The Kier molecular flexibility index (Phi) is 3.80. The van der Waals surface area contributed by atoms with Gasteiger partial charge in [-0.3, -0.25) is 4.79 Å². The van der Waals surface area contributed by atoms with E-state index in [2.05, 4.69) is 15.6 Å². The molecule has 0 spiro atoms. The third-order valence-electron chi connectivity index (χ3n) is 2.58. The first-order valence-electron chi connectivity index (χ1n) is 5.82. The number of pyridine rings is 1. The van der Waals surface area contributed by atoms with E-state index in [0.29, 0.717) is 30.6 Å². The molecule has 0 aliphatic heterocycles. The van der Waals surface area contributed by atoms with Crippen LogP contribution in [0.1, 0.15) is 19.3 Å². The summed E-state index contributed by atoms with van der Waals surface area (Å²) in [5, 5.41) is 6.03. The zero-order valence-corrected chi connectivity index (χ0v) is 9.90. The van der Waals surface area contributed by atoms with Crippen LogP contribution in [-0.2, 0) is 4.79 Å². The Balaban J connectivity index is 1.74. The second-order valence-electron chi connectivity index (χ2n) is 4.07. The first-order valence-corrected chi connectivity index (χ1v) is 5.82. The fraction of sp³-hybridized carbons (Fsp3) is 0.500. The molecule has 0 bridgehead atoms. The molecule has 0 saturated heterocycles. The summed E-state index contributed by atoms with van der Waals surface area (Å²) < 4.78 is 5.15. The van der Waals surface area contributed by atoms with E-state index in [1.165, 1.54) is 0 Å². The Morgan fingerprint density at radius 3 is 3.12 bits per heavy atom. The molecule has 0 unspecified atom stereocenters. The number of amides is 1. The standard InChI is InChI=1S/C12H17N3O2/c1-17-10-3-2-7-13-12(10)14-8-6-11(16)15-9-4-5-9/h2-3,7,9H,4-6,8H2,1H3,(H,13,14)(H,15,16). The van der Waals surface area contributed by atoms with Gasteiger partial charge in [-0.25, -0.2) is 4.98 Å². The van der Waals surface area contributed by atoms with Crippen LogP contribution in [0.2, 0.25) is 0 Å². The first kappa shape index (κ1) is 11.7. The normalized spacial score (nSPS) is 14.2. The van der Waals surface area contributed by atoms with E-state index in [1.807, 2.05) is 12.1 Å². The highest BCUT2D eigenvalue weighted by molar-refractivity contribution is 5.77. The van der Waals surface area contributed by atoms with Crippen LogP contribution in [0.3, 0.4) is 0 Å². The van der Waals surface area contributed by atoms with Gasteiger partial charge in [0.15, 0.2) is 11.6 Å². The molecule has 1 fully saturated rings. The Morgan fingerprint density at radius 1 is 1.59 bits per heavy atom. The maximum absolute atomic E-state index is 11.4. The number of nitrogens with one attached hydrogen (secondary N) is 2. The molecule has 1 amide bonds. The van der Waals surface area contributed by atoms with Gasteiger partial charge in [0.2, 0.25) is 5.91 Å². The van der Waals surface area contributed by atoms with Gasteiger partial charge in [-0.2, -0.15) is 0 Å². The molecule has 2 N–H and O–H groups in total. The van der Waals surface area contributed by atoms with E-state index >= 15 is 0 Å². The largest absolute Gasteiger partial charge is 0.493 e. The molecule has 17 heavy (non-hydrogen) atoms. The van der Waals surface area contributed by atoms with Crippen molar-refractivity contribution in [3.05, 3.63) is 18.3 Å². The molecule has 1 saturated carbocycles. The van der Waals surface area contributed by atoms with Crippen LogP contribution in [0.4, 0.5) is 5.82 Å². The average Bonchev–Trinajstić information content (AvgIpc) is 3.13. The van der Waals surface area contributed by atoms with Crippen molar-refractivity contribution >= 4 is 11.7 Å². The van der Waals surface area contributed by atoms with Crippen LogP contribution < -0.4 is 15.4 Å². The molecule has 5 heteroatoms. The number of hydrogen-bond donors (Lipinski definition) is 2. The van der Waals surface area contributed by atoms with Crippen molar-refractivity contribution in [3.8, 4) is 5.75 Å². The predicted molar refractivity (Wildman–Crippen MR) is 65.1 cm³/mol. The van der Waals surface area contributed by atoms with E-state index in [0.717, 1.165) is 12.8 Å². The minimum atomic E-state index is 0.0925. The number of rotatable bonds is 6. The molecule has 1 heterocycles. The molecule has 0 aromatic carbocycles. The monoisotopic (exact) mass is 235 g/mol. The van der Waals surface area contributed by atoms with Crippen molar-refractivity contribution in [2.75, 3.05) is 19.0 Å². The third-order valence-corrected chi connectivity index (χ3v) is 2.58. The second-order valence-corrected chi connectivity index (χ2v) is 4.07. The maximum Gasteiger partial charge on any atom is 0.221 e. The van der Waals surface area contributed by atoms with Crippen molar-refractivity contribution in [2.24, 2.45) is 0 Å². The lowest BCUT2D eigenvalue weighted by Gasteiger charge is -2.09. The van der Waals surface area contributed by atoms with Crippen molar-refractivity contribution in [1.82, 2.24) is 10.3 Å². The molecule has 92 valence electrons. The Bertz CT molecular complexity index is 391. The summed E-state index contributed by atoms with van der Waals surface area (Å²) in [5.74, 6) is 1.46. The highest BCUT2D eigenvalue weighted by Crippen LogP contribution is 2.20. The van der Waals surface area contributed by atoms with Gasteiger partial charge in [0.1, 0.15) is 0 Å². The topological polar surface area (TPSA) is 63.2 Å². The fourth-order valence-electron chi connectivity index (χ4n) is 1.51. The number of carbonyl (C=O) groups excluding carboxylic acids is 1. The number of carbonyl (C=O) groups is 1. The number of anilines is 1. The lowest BCUT2D eigenvalue weighted by molar-refractivity contribution is -0.120. The SMILES string of the molecule is COc1cccnc1NCCC(=O)NC1CC1. The van der Waals surface area contributed by atoms with Gasteiger partial charge in [0.05, 0.1) is 7.11 Å². The molecule has 1 aromatic rings.